The minimum Gasteiger partial charge on any atom is -0.479 e. The molecule has 0 N–H and O–H groups in total. The molecule has 0 aliphatic carbocycles. The third-order valence-corrected chi connectivity index (χ3v) is 3.30. The van der Waals surface area contributed by atoms with E-state index in [-0.39, 0.29) is 11.9 Å². The molecule has 0 bridgehead atoms. The molecule has 1 aromatic carbocycles. The zero-order valence-electron chi connectivity index (χ0n) is 9.81. The molecule has 3 rings (SSSR count). The Labute approximate surface area is 116 Å². The number of hydrogen-bond donors (Lipinski definition) is 0. The van der Waals surface area contributed by atoms with Crippen LogP contribution in [0.1, 0.15) is 24.8 Å². The van der Waals surface area contributed by atoms with Crippen LogP contribution in [-0.2, 0) is 6.54 Å². The Morgan fingerprint density at radius 3 is 3.00 bits per heavy atom. The molecule has 2 aromatic rings. The Morgan fingerprint density at radius 2 is 2.21 bits per heavy atom. The highest BCUT2D eigenvalue weighted by atomic mass is 79.9. The van der Waals surface area contributed by atoms with Gasteiger partial charge < -0.3 is 4.74 Å². The molecule has 0 fully saturated rings. The second kappa shape index (κ2) is 4.88. The summed E-state index contributed by atoms with van der Waals surface area (Å²) in [6.07, 6.45) is 1.23. The van der Waals surface area contributed by atoms with Gasteiger partial charge in [-0.2, -0.15) is 0 Å². The molecule has 1 aliphatic heterocycles. The summed E-state index contributed by atoms with van der Waals surface area (Å²) in [6, 6.07) is 3.26. The van der Waals surface area contributed by atoms with Crippen molar-refractivity contribution in [1.29, 1.82) is 0 Å². The highest BCUT2D eigenvalue weighted by molar-refractivity contribution is 9.10. The fourth-order valence-electron chi connectivity index (χ4n) is 2.12. The van der Waals surface area contributed by atoms with Crippen LogP contribution in [0.2, 0.25) is 0 Å². The number of hydrogen-bond acceptors (Lipinski definition) is 3. The number of fused-ring (bicyclic) bond motifs is 1. The predicted molar refractivity (Wildman–Crippen MR) is 66.7 cm³/mol. The maximum absolute atomic E-state index is 13.6. The van der Waals surface area contributed by atoms with Crippen molar-refractivity contribution in [2.75, 3.05) is 0 Å². The van der Waals surface area contributed by atoms with Gasteiger partial charge in [0.1, 0.15) is 5.82 Å². The molecule has 0 saturated carbocycles. The molecule has 1 aromatic heterocycles. The highest BCUT2D eigenvalue weighted by Gasteiger charge is 2.26. The molecule has 1 aliphatic rings. The van der Waals surface area contributed by atoms with Gasteiger partial charge in [0, 0.05) is 12.6 Å². The first-order chi connectivity index (χ1) is 9.13. The van der Waals surface area contributed by atoms with Gasteiger partial charge in [0.25, 0.3) is 0 Å². The number of benzene rings is 1. The molecule has 1 atom stereocenters. The van der Waals surface area contributed by atoms with Gasteiger partial charge in [0.15, 0.2) is 23.5 Å². The van der Waals surface area contributed by atoms with Gasteiger partial charge in [-0.3, -0.25) is 0 Å². The average Bonchev–Trinajstić information content (AvgIpc) is 2.74. The lowest BCUT2D eigenvalue weighted by Crippen LogP contribution is -2.21. The zero-order chi connectivity index (χ0) is 13.4. The molecule has 1 unspecified atom stereocenters. The maximum atomic E-state index is 13.6. The number of aryl methyl sites for hydroxylation is 1. The first-order valence-corrected chi connectivity index (χ1v) is 6.65. The number of halogens is 3. The van der Waals surface area contributed by atoms with Gasteiger partial charge in [-0.05, 0) is 40.9 Å². The summed E-state index contributed by atoms with van der Waals surface area (Å²) >= 11 is 3.21. The van der Waals surface area contributed by atoms with E-state index >= 15 is 0 Å². The van der Waals surface area contributed by atoms with Crippen LogP contribution in [0.4, 0.5) is 8.78 Å². The maximum Gasteiger partial charge on any atom is 0.217 e. The molecular formula is C12H10BrF2N3O. The van der Waals surface area contributed by atoms with Gasteiger partial charge >= 0.3 is 0 Å². The summed E-state index contributed by atoms with van der Waals surface area (Å²) in [6.45, 7) is 0.764. The van der Waals surface area contributed by atoms with Crippen molar-refractivity contribution >= 4 is 15.9 Å². The van der Waals surface area contributed by atoms with Crippen molar-refractivity contribution in [2.24, 2.45) is 0 Å². The molecule has 0 spiro atoms. The van der Waals surface area contributed by atoms with E-state index in [0.29, 0.717) is 10.6 Å². The van der Waals surface area contributed by atoms with Crippen molar-refractivity contribution in [3.05, 3.63) is 40.4 Å². The summed E-state index contributed by atoms with van der Waals surface area (Å²) in [7, 11) is 0. The lowest BCUT2D eigenvalue weighted by Gasteiger charge is -2.23. The van der Waals surface area contributed by atoms with E-state index in [1.807, 2.05) is 0 Å². The fraction of sp³-hybridized carbons (Fsp3) is 0.333. The van der Waals surface area contributed by atoms with Gasteiger partial charge in [0.2, 0.25) is 4.73 Å². The quantitative estimate of drug-likeness (QED) is 0.849. The summed E-state index contributed by atoms with van der Waals surface area (Å²) in [5, 5.41) is 4.17. The molecule has 4 nitrogen and oxygen atoms in total. The lowest BCUT2D eigenvalue weighted by atomic mass is 10.1. The average molecular weight is 330 g/mol. The van der Waals surface area contributed by atoms with Crippen LogP contribution in [0.3, 0.4) is 0 Å². The molecule has 100 valence electrons. The van der Waals surface area contributed by atoms with Crippen molar-refractivity contribution in [2.45, 2.75) is 25.5 Å². The van der Waals surface area contributed by atoms with Crippen LogP contribution in [0.15, 0.2) is 22.9 Å². The molecule has 2 heterocycles. The second-order valence-electron chi connectivity index (χ2n) is 4.29. The SMILES string of the molecule is Fc1ccc(OC2CCCn3nc(Br)nc32)c(F)c1. The van der Waals surface area contributed by atoms with E-state index in [1.165, 1.54) is 12.1 Å². The topological polar surface area (TPSA) is 39.9 Å². The van der Waals surface area contributed by atoms with Crippen LogP contribution in [-0.4, -0.2) is 14.8 Å². The van der Waals surface area contributed by atoms with Crippen LogP contribution in [0.25, 0.3) is 0 Å². The monoisotopic (exact) mass is 329 g/mol. The van der Waals surface area contributed by atoms with E-state index in [9.17, 15) is 8.78 Å². The molecule has 7 heteroatoms. The molecule has 0 radical (unpaired) electrons. The lowest BCUT2D eigenvalue weighted by molar-refractivity contribution is 0.149. The van der Waals surface area contributed by atoms with Crippen molar-refractivity contribution in [3.8, 4) is 5.75 Å². The normalized spacial score (nSPS) is 18.2. The van der Waals surface area contributed by atoms with E-state index < -0.39 is 11.6 Å². The van der Waals surface area contributed by atoms with Crippen LogP contribution < -0.4 is 4.74 Å². The minimum absolute atomic E-state index is 0.0268. The van der Waals surface area contributed by atoms with Gasteiger partial charge in [0.05, 0.1) is 0 Å². The standard InChI is InChI=1S/C12H10BrF2N3O/c13-12-16-11-10(2-1-5-18(11)17-12)19-9-4-3-7(14)6-8(9)15/h3-4,6,10H,1-2,5H2. The van der Waals surface area contributed by atoms with E-state index in [0.717, 1.165) is 25.5 Å². The first kappa shape index (κ1) is 12.5. The zero-order valence-corrected chi connectivity index (χ0v) is 11.4. The Balaban J connectivity index is 1.88. The Morgan fingerprint density at radius 1 is 1.37 bits per heavy atom. The Bertz CT molecular complexity index is 617. The van der Waals surface area contributed by atoms with Crippen LogP contribution in [0.5, 0.6) is 5.75 Å². The van der Waals surface area contributed by atoms with E-state index in [1.54, 1.807) is 4.68 Å². The van der Waals surface area contributed by atoms with Gasteiger partial charge in [-0.1, -0.05) is 0 Å². The summed E-state index contributed by atoms with van der Waals surface area (Å²) in [4.78, 5) is 4.22. The fourth-order valence-corrected chi connectivity index (χ4v) is 2.49. The molecule has 19 heavy (non-hydrogen) atoms. The van der Waals surface area contributed by atoms with Gasteiger partial charge in [-0.15, -0.1) is 5.10 Å². The summed E-state index contributed by atoms with van der Waals surface area (Å²) in [5.74, 6) is -0.657. The van der Waals surface area contributed by atoms with E-state index in [4.69, 9.17) is 4.74 Å². The smallest absolute Gasteiger partial charge is 0.217 e. The molecule has 0 saturated heterocycles. The minimum atomic E-state index is -0.712. The van der Waals surface area contributed by atoms with Crippen molar-refractivity contribution in [3.63, 3.8) is 0 Å². The predicted octanol–water partition coefficient (Wildman–Crippen LogP) is 3.23. The van der Waals surface area contributed by atoms with Crippen LogP contribution in [0, 0.1) is 11.6 Å². The third-order valence-electron chi connectivity index (χ3n) is 2.96. The number of ether oxygens (including phenoxy) is 1. The largest absolute Gasteiger partial charge is 0.479 e. The Kier molecular flexibility index (Phi) is 3.22. The molecule has 0 amide bonds. The second-order valence-corrected chi connectivity index (χ2v) is 4.99. The third kappa shape index (κ3) is 2.47. The number of rotatable bonds is 2. The Hall–Kier alpha value is -1.50. The first-order valence-electron chi connectivity index (χ1n) is 5.85. The highest BCUT2D eigenvalue weighted by Crippen LogP contribution is 2.30. The van der Waals surface area contributed by atoms with Crippen molar-refractivity contribution < 1.29 is 13.5 Å². The van der Waals surface area contributed by atoms with E-state index in [2.05, 4.69) is 26.0 Å². The van der Waals surface area contributed by atoms with Gasteiger partial charge in [-0.25, -0.2) is 18.4 Å². The summed E-state index contributed by atoms with van der Waals surface area (Å²) < 4.78 is 34.2. The molecular weight excluding hydrogens is 320 g/mol. The van der Waals surface area contributed by atoms with Crippen molar-refractivity contribution in [1.82, 2.24) is 14.8 Å². The van der Waals surface area contributed by atoms with Crippen LogP contribution >= 0.6 is 15.9 Å². The summed E-state index contributed by atoms with van der Waals surface area (Å²) in [5.41, 5.74) is 0. The number of aromatic nitrogens is 3. The number of nitrogens with zero attached hydrogens (tertiary/aromatic N) is 3.